The highest BCUT2D eigenvalue weighted by Gasteiger charge is 2.70. The Morgan fingerprint density at radius 3 is 2.34 bits per heavy atom. The van der Waals surface area contributed by atoms with E-state index in [4.69, 9.17) is 4.52 Å². The molecule has 8 heteroatoms. The summed E-state index contributed by atoms with van der Waals surface area (Å²) in [6.07, 6.45) is 6.32. The number of allylic oxidation sites excluding steroid dienone is 4. The maximum Gasteiger partial charge on any atom is 0.300 e. The summed E-state index contributed by atoms with van der Waals surface area (Å²) >= 11 is 0. The molecule has 0 saturated heterocycles. The number of nitrogens with zero attached hydrogens (tertiary/aromatic N) is 3. The summed E-state index contributed by atoms with van der Waals surface area (Å²) in [7, 11) is 0. The Labute approximate surface area is 241 Å². The number of carbonyl (C=O) groups excluding carboxylic acids is 2. The minimum Gasteiger partial charge on any atom is -0.339 e. The van der Waals surface area contributed by atoms with Crippen molar-refractivity contribution in [2.75, 3.05) is 0 Å². The first-order valence-corrected chi connectivity index (χ1v) is 15.0. The molecule has 0 N–H and O–H groups in total. The van der Waals surface area contributed by atoms with E-state index in [2.05, 4.69) is 50.8 Å². The van der Waals surface area contributed by atoms with Crippen LogP contribution in [-0.2, 0) is 15.0 Å². The van der Waals surface area contributed by atoms with Crippen molar-refractivity contribution < 1.29 is 22.9 Å². The molecule has 0 bridgehead atoms. The van der Waals surface area contributed by atoms with Crippen LogP contribution in [0, 0.1) is 56.2 Å². The van der Waals surface area contributed by atoms with Gasteiger partial charge in [-0.2, -0.15) is 10.2 Å². The average molecular weight is 566 g/mol. The second-order valence-corrected chi connectivity index (χ2v) is 15.7. The average Bonchev–Trinajstić information content (AvgIpc) is 3.39. The van der Waals surface area contributed by atoms with Gasteiger partial charge in [0.2, 0.25) is 11.7 Å². The molecule has 41 heavy (non-hydrogen) atoms. The molecule has 3 saturated carbocycles. The zero-order valence-electron chi connectivity index (χ0n) is 25.2. The first-order chi connectivity index (χ1) is 19.0. The highest BCUT2D eigenvalue weighted by atomic mass is 19.3. The molecule has 0 spiro atoms. The van der Waals surface area contributed by atoms with Gasteiger partial charge in [0.25, 0.3) is 0 Å². The van der Waals surface area contributed by atoms with Crippen LogP contribution in [0.1, 0.15) is 112 Å². The number of nitriles is 1. The molecule has 3 fully saturated rings. The second-order valence-electron chi connectivity index (χ2n) is 15.7. The van der Waals surface area contributed by atoms with Gasteiger partial charge in [0.1, 0.15) is 6.07 Å². The molecule has 0 unspecified atom stereocenters. The Kier molecular flexibility index (Phi) is 5.86. The van der Waals surface area contributed by atoms with Crippen LogP contribution in [0.2, 0.25) is 0 Å². The van der Waals surface area contributed by atoms with E-state index in [-0.39, 0.29) is 51.6 Å². The number of halogens is 2. The molecular formula is C33H41F2N3O3. The summed E-state index contributed by atoms with van der Waals surface area (Å²) in [6.45, 7) is 15.0. The van der Waals surface area contributed by atoms with Crippen molar-refractivity contribution in [2.45, 2.75) is 105 Å². The molecule has 1 heterocycles. The van der Waals surface area contributed by atoms with Gasteiger partial charge in [-0.25, -0.2) is 8.78 Å². The normalized spacial score (nSPS) is 42.7. The molecular weight excluding hydrogens is 524 g/mol. The number of fused-ring (bicyclic) bond motifs is 7. The van der Waals surface area contributed by atoms with E-state index in [1.807, 2.05) is 26.0 Å². The summed E-state index contributed by atoms with van der Waals surface area (Å²) in [4.78, 5) is 32.0. The molecule has 6 nitrogen and oxygen atoms in total. The van der Waals surface area contributed by atoms with Crippen LogP contribution in [-0.4, -0.2) is 21.7 Å². The highest BCUT2D eigenvalue weighted by Crippen LogP contribution is 2.74. The quantitative estimate of drug-likeness (QED) is 0.369. The summed E-state index contributed by atoms with van der Waals surface area (Å²) in [5, 5.41) is 13.5. The summed E-state index contributed by atoms with van der Waals surface area (Å²) in [6, 6.07) is 2.15. The molecule has 1 aromatic rings. The molecule has 0 radical (unpaired) electrons. The smallest absolute Gasteiger partial charge is 0.300 e. The molecule has 7 atom stereocenters. The van der Waals surface area contributed by atoms with Crippen LogP contribution in [0.4, 0.5) is 8.78 Å². The standard InChI is InChI=1S/C33H41F2N3O3/c1-28(2)10-12-33(27-37-26(25(34)35)38-41-27)13-11-32(7)23(19(33)16-28)20(39)14-22-30(5)15-18(17-36)24(40)29(3,4)21(30)8-9-31(22,32)6/h14-15,19,21,23,25H,8-13,16H2,1-7H3/t19-,21-,23-,30-,31+,32+,33-/m0/s1. The summed E-state index contributed by atoms with van der Waals surface area (Å²) in [5.74, 6) is -0.864. The van der Waals surface area contributed by atoms with Crippen molar-refractivity contribution in [3.8, 4) is 6.07 Å². The molecule has 5 aliphatic rings. The lowest BCUT2D eigenvalue weighted by atomic mass is 9.34. The van der Waals surface area contributed by atoms with E-state index in [0.29, 0.717) is 12.8 Å². The fraction of sp³-hybridized carbons (Fsp3) is 0.727. The minimum absolute atomic E-state index is 0.0191. The van der Waals surface area contributed by atoms with Crippen molar-refractivity contribution in [3.63, 3.8) is 0 Å². The van der Waals surface area contributed by atoms with E-state index < -0.39 is 33.9 Å². The van der Waals surface area contributed by atoms with Crippen molar-refractivity contribution in [3.05, 3.63) is 35.0 Å². The van der Waals surface area contributed by atoms with Crippen molar-refractivity contribution in [1.29, 1.82) is 5.26 Å². The topological polar surface area (TPSA) is 96.8 Å². The van der Waals surface area contributed by atoms with Crippen LogP contribution >= 0.6 is 0 Å². The van der Waals surface area contributed by atoms with Gasteiger partial charge in [-0.1, -0.05) is 65.3 Å². The monoisotopic (exact) mass is 565 g/mol. The lowest BCUT2D eigenvalue weighted by Crippen LogP contribution is -2.65. The third-order valence-corrected chi connectivity index (χ3v) is 12.9. The number of Topliss-reactive ketones (excluding diaryl/α,β-unsaturated/α-hetero) is 1. The maximum absolute atomic E-state index is 14.6. The number of hydrogen-bond acceptors (Lipinski definition) is 6. The van der Waals surface area contributed by atoms with Crippen molar-refractivity contribution in [1.82, 2.24) is 10.1 Å². The Bertz CT molecular complexity index is 1450. The number of rotatable bonds is 2. The predicted molar refractivity (Wildman–Crippen MR) is 147 cm³/mol. The molecule has 0 aromatic carbocycles. The summed E-state index contributed by atoms with van der Waals surface area (Å²) in [5.41, 5.74) is -1.48. The number of ketones is 2. The highest BCUT2D eigenvalue weighted by molar-refractivity contribution is 6.04. The fourth-order valence-electron chi connectivity index (χ4n) is 10.5. The third-order valence-electron chi connectivity index (χ3n) is 12.9. The molecule has 0 aliphatic heterocycles. The zero-order chi connectivity index (χ0) is 30.0. The van der Waals surface area contributed by atoms with Crippen molar-refractivity contribution >= 4 is 11.6 Å². The van der Waals surface area contributed by atoms with Gasteiger partial charge < -0.3 is 4.52 Å². The predicted octanol–water partition coefficient (Wildman–Crippen LogP) is 7.48. The molecule has 1 aromatic heterocycles. The van der Waals surface area contributed by atoms with E-state index in [1.165, 1.54) is 0 Å². The van der Waals surface area contributed by atoms with E-state index in [9.17, 15) is 23.6 Å². The van der Waals surface area contributed by atoms with Gasteiger partial charge >= 0.3 is 6.43 Å². The van der Waals surface area contributed by atoms with Crippen LogP contribution in [0.15, 0.2) is 27.8 Å². The molecule has 6 rings (SSSR count). The first kappa shape index (κ1) is 28.4. The van der Waals surface area contributed by atoms with Gasteiger partial charge in [0.05, 0.1) is 11.0 Å². The lowest BCUT2D eigenvalue weighted by Gasteiger charge is -2.68. The van der Waals surface area contributed by atoms with Crippen LogP contribution < -0.4 is 0 Å². The van der Waals surface area contributed by atoms with Crippen LogP contribution in [0.25, 0.3) is 0 Å². The summed E-state index contributed by atoms with van der Waals surface area (Å²) < 4.78 is 32.6. The molecule has 220 valence electrons. The van der Waals surface area contributed by atoms with Gasteiger partial charge in [-0.15, -0.1) is 0 Å². The van der Waals surface area contributed by atoms with E-state index >= 15 is 0 Å². The van der Waals surface area contributed by atoms with E-state index in [1.54, 1.807) is 0 Å². The third kappa shape index (κ3) is 3.50. The SMILES string of the molecule is CC1(C)CC[C@]2(c3nc(C(F)F)no3)CC[C@]3(C)[C@H](C(=O)C=C4[C@@]5(C)C=C(C#N)C(=O)C(C)(C)[C@@H]5CC[C@]43C)[C@@H]2C1. The first-order valence-electron chi connectivity index (χ1n) is 15.0. The van der Waals surface area contributed by atoms with E-state index in [0.717, 1.165) is 37.7 Å². The van der Waals surface area contributed by atoms with Crippen LogP contribution in [0.5, 0.6) is 0 Å². The number of hydrogen-bond donors (Lipinski definition) is 0. The fourth-order valence-corrected chi connectivity index (χ4v) is 10.5. The largest absolute Gasteiger partial charge is 0.339 e. The lowest BCUT2D eigenvalue weighted by molar-refractivity contribution is -0.161. The van der Waals surface area contributed by atoms with Crippen LogP contribution in [0.3, 0.4) is 0 Å². The Balaban J connectivity index is 1.52. The molecule has 5 aliphatic carbocycles. The Hall–Kier alpha value is -2.69. The minimum atomic E-state index is -2.81. The van der Waals surface area contributed by atoms with Gasteiger partial charge in [0.15, 0.2) is 11.6 Å². The number of carbonyl (C=O) groups is 2. The second kappa shape index (κ2) is 8.45. The van der Waals surface area contributed by atoms with Crippen molar-refractivity contribution in [2.24, 2.45) is 44.8 Å². The Morgan fingerprint density at radius 2 is 1.71 bits per heavy atom. The number of alkyl halides is 2. The number of aromatic nitrogens is 2. The maximum atomic E-state index is 14.6. The zero-order valence-corrected chi connectivity index (χ0v) is 25.2. The Morgan fingerprint density at radius 1 is 1.02 bits per heavy atom. The van der Waals surface area contributed by atoms with Gasteiger partial charge in [-0.3, -0.25) is 9.59 Å². The molecule has 0 amide bonds. The van der Waals surface area contributed by atoms with Gasteiger partial charge in [-0.05, 0) is 79.1 Å². The van der Waals surface area contributed by atoms with Gasteiger partial charge in [0, 0.05) is 16.7 Å².